The fourth-order valence-electron chi connectivity index (χ4n) is 2.13. The van der Waals surface area contributed by atoms with Gasteiger partial charge in [-0.2, -0.15) is 0 Å². The fraction of sp³-hybridized carbons (Fsp3) is 0.200. The van der Waals surface area contributed by atoms with Crippen molar-refractivity contribution in [3.63, 3.8) is 0 Å². The molecule has 0 nitrogen and oxygen atoms in total. The van der Waals surface area contributed by atoms with Crippen LogP contribution < -0.4 is 0 Å². The highest BCUT2D eigenvalue weighted by molar-refractivity contribution is 5.63. The van der Waals surface area contributed by atoms with Crippen molar-refractivity contribution >= 4 is 0 Å². The average Bonchev–Trinajstić information content (AvgIpc) is 2.52. The minimum atomic E-state index is -0.197. The van der Waals surface area contributed by atoms with E-state index >= 15 is 0 Å². The quantitative estimate of drug-likeness (QED) is 0.574. The van der Waals surface area contributed by atoms with E-state index < -0.39 is 0 Å². The van der Waals surface area contributed by atoms with Gasteiger partial charge >= 0.3 is 0 Å². The summed E-state index contributed by atoms with van der Waals surface area (Å²) >= 11 is 0. The van der Waals surface area contributed by atoms with Crippen LogP contribution in [0.2, 0.25) is 0 Å². The summed E-state index contributed by atoms with van der Waals surface area (Å²) in [6.07, 6.45) is 11.8. The molecule has 108 valence electrons. The lowest BCUT2D eigenvalue weighted by atomic mass is 10.0. The lowest BCUT2D eigenvalue weighted by Gasteiger charge is -2.03. The topological polar surface area (TPSA) is 0 Å². The van der Waals surface area contributed by atoms with Gasteiger partial charge in [-0.3, -0.25) is 0 Å². The van der Waals surface area contributed by atoms with E-state index in [1.807, 2.05) is 12.1 Å². The molecule has 0 heterocycles. The molecule has 0 fully saturated rings. The molecule has 0 bridgehead atoms. The molecular weight excluding hydrogens is 259 g/mol. The van der Waals surface area contributed by atoms with Crippen LogP contribution in [0.3, 0.4) is 0 Å². The molecule has 21 heavy (non-hydrogen) atoms. The van der Waals surface area contributed by atoms with Crippen molar-refractivity contribution in [1.29, 1.82) is 0 Å². The van der Waals surface area contributed by atoms with Crippen molar-refractivity contribution in [3.05, 3.63) is 84.2 Å². The number of halogens is 1. The summed E-state index contributed by atoms with van der Waals surface area (Å²) in [5.41, 5.74) is 3.45. The predicted molar refractivity (Wildman–Crippen MR) is 88.7 cm³/mol. The molecule has 0 unspecified atom stereocenters. The third-order valence-electron chi connectivity index (χ3n) is 3.33. The fourth-order valence-corrected chi connectivity index (χ4v) is 2.13. The maximum absolute atomic E-state index is 12.9. The smallest absolute Gasteiger partial charge is 0.123 e. The van der Waals surface area contributed by atoms with Crippen molar-refractivity contribution in [3.8, 4) is 11.1 Å². The van der Waals surface area contributed by atoms with Crippen molar-refractivity contribution in [1.82, 2.24) is 0 Å². The Kier molecular flexibility index (Phi) is 5.96. The van der Waals surface area contributed by atoms with Crippen LogP contribution in [-0.4, -0.2) is 0 Å². The van der Waals surface area contributed by atoms with Gasteiger partial charge in [0.1, 0.15) is 5.82 Å². The standard InChI is InChI=1S/C20H21F/c1-2-3-4-5-6-7-8-17-9-11-18(12-10-17)19-13-15-20(21)16-14-19/h3-4,6-7,9-16H,2,5,8H2,1H3/b4-3+,7-6-. The molecular formula is C20H21F. The van der Waals surface area contributed by atoms with Crippen LogP contribution in [0.1, 0.15) is 25.3 Å². The third kappa shape index (κ3) is 5.03. The summed E-state index contributed by atoms with van der Waals surface area (Å²) < 4.78 is 12.9. The molecule has 0 radical (unpaired) electrons. The van der Waals surface area contributed by atoms with Gasteiger partial charge in [-0.1, -0.05) is 67.6 Å². The number of rotatable bonds is 6. The van der Waals surface area contributed by atoms with Crippen LogP contribution in [0.4, 0.5) is 4.39 Å². The molecule has 0 aliphatic rings. The van der Waals surface area contributed by atoms with Crippen molar-refractivity contribution < 1.29 is 4.39 Å². The van der Waals surface area contributed by atoms with Gasteiger partial charge in [0.15, 0.2) is 0 Å². The number of benzene rings is 2. The van der Waals surface area contributed by atoms with E-state index in [-0.39, 0.29) is 5.82 Å². The summed E-state index contributed by atoms with van der Waals surface area (Å²) in [6.45, 7) is 2.14. The van der Waals surface area contributed by atoms with Crippen LogP contribution in [0.15, 0.2) is 72.8 Å². The summed E-state index contributed by atoms with van der Waals surface area (Å²) in [7, 11) is 0. The Hall–Kier alpha value is -2.15. The number of hydrogen-bond donors (Lipinski definition) is 0. The second-order valence-electron chi connectivity index (χ2n) is 4.99. The Morgan fingerprint density at radius 3 is 1.95 bits per heavy atom. The van der Waals surface area contributed by atoms with E-state index in [2.05, 4.69) is 55.5 Å². The highest BCUT2D eigenvalue weighted by Crippen LogP contribution is 2.20. The minimum Gasteiger partial charge on any atom is -0.207 e. The molecule has 2 aromatic carbocycles. The van der Waals surface area contributed by atoms with Gasteiger partial charge in [-0.15, -0.1) is 0 Å². The molecule has 0 aliphatic heterocycles. The van der Waals surface area contributed by atoms with Gasteiger partial charge in [0.2, 0.25) is 0 Å². The van der Waals surface area contributed by atoms with Gasteiger partial charge in [0, 0.05) is 0 Å². The van der Waals surface area contributed by atoms with Gasteiger partial charge in [-0.25, -0.2) is 4.39 Å². The molecule has 1 heteroatoms. The van der Waals surface area contributed by atoms with Gasteiger partial charge < -0.3 is 0 Å². The minimum absolute atomic E-state index is 0.197. The summed E-state index contributed by atoms with van der Waals surface area (Å²) in [6, 6.07) is 15.1. The normalized spacial score (nSPS) is 11.5. The van der Waals surface area contributed by atoms with Gasteiger partial charge in [-0.05, 0) is 48.1 Å². The SMILES string of the molecule is CC/C=C/C/C=C\Cc1ccc(-c2ccc(F)cc2)cc1. The van der Waals surface area contributed by atoms with Crippen molar-refractivity contribution in [2.45, 2.75) is 26.2 Å². The maximum atomic E-state index is 12.9. The first kappa shape index (κ1) is 15.2. The zero-order valence-electron chi connectivity index (χ0n) is 12.4. The largest absolute Gasteiger partial charge is 0.207 e. The van der Waals surface area contributed by atoms with Gasteiger partial charge in [0.05, 0.1) is 0 Å². The first-order valence-corrected chi connectivity index (χ1v) is 7.44. The summed E-state index contributed by atoms with van der Waals surface area (Å²) in [5, 5.41) is 0. The highest BCUT2D eigenvalue weighted by Gasteiger charge is 1.98. The summed E-state index contributed by atoms with van der Waals surface area (Å²) in [4.78, 5) is 0. The van der Waals surface area contributed by atoms with E-state index in [0.29, 0.717) is 0 Å². The van der Waals surface area contributed by atoms with Crippen LogP contribution in [0.5, 0.6) is 0 Å². The Balaban J connectivity index is 1.93. The van der Waals surface area contributed by atoms with Crippen LogP contribution in [0, 0.1) is 5.82 Å². The third-order valence-corrected chi connectivity index (χ3v) is 3.33. The monoisotopic (exact) mass is 280 g/mol. The Labute approximate surface area is 126 Å². The molecule has 0 saturated heterocycles. The van der Waals surface area contributed by atoms with E-state index in [1.165, 1.54) is 17.7 Å². The molecule has 0 amide bonds. The number of allylic oxidation sites excluding steroid dienone is 4. The zero-order valence-corrected chi connectivity index (χ0v) is 12.4. The molecule has 0 N–H and O–H groups in total. The predicted octanol–water partition coefficient (Wildman–Crippen LogP) is 5.95. The molecule has 2 aromatic rings. The molecule has 0 spiro atoms. The Bertz CT molecular complexity index is 589. The molecule has 0 atom stereocenters. The van der Waals surface area contributed by atoms with Crippen molar-refractivity contribution in [2.24, 2.45) is 0 Å². The first-order valence-electron chi connectivity index (χ1n) is 7.44. The second-order valence-corrected chi connectivity index (χ2v) is 4.99. The average molecular weight is 280 g/mol. The van der Waals surface area contributed by atoms with Crippen LogP contribution in [0.25, 0.3) is 11.1 Å². The van der Waals surface area contributed by atoms with E-state index in [4.69, 9.17) is 0 Å². The van der Waals surface area contributed by atoms with Crippen molar-refractivity contribution in [2.75, 3.05) is 0 Å². The number of hydrogen-bond acceptors (Lipinski definition) is 0. The van der Waals surface area contributed by atoms with E-state index in [9.17, 15) is 4.39 Å². The molecule has 0 aliphatic carbocycles. The molecule has 2 rings (SSSR count). The highest BCUT2D eigenvalue weighted by atomic mass is 19.1. The Morgan fingerprint density at radius 1 is 0.762 bits per heavy atom. The second kappa shape index (κ2) is 8.21. The van der Waals surface area contributed by atoms with E-state index in [0.717, 1.165) is 30.4 Å². The molecule has 0 aromatic heterocycles. The van der Waals surface area contributed by atoms with E-state index in [1.54, 1.807) is 0 Å². The summed E-state index contributed by atoms with van der Waals surface area (Å²) in [5.74, 6) is -0.197. The van der Waals surface area contributed by atoms with Crippen LogP contribution >= 0.6 is 0 Å². The first-order chi connectivity index (χ1) is 10.3. The maximum Gasteiger partial charge on any atom is 0.123 e. The van der Waals surface area contributed by atoms with Gasteiger partial charge in [0.25, 0.3) is 0 Å². The lowest BCUT2D eigenvalue weighted by molar-refractivity contribution is 0.628. The Morgan fingerprint density at radius 2 is 1.33 bits per heavy atom. The lowest BCUT2D eigenvalue weighted by Crippen LogP contribution is -1.83. The van der Waals surface area contributed by atoms with Crippen LogP contribution in [-0.2, 0) is 6.42 Å². The zero-order chi connectivity index (χ0) is 14.9. The molecule has 0 saturated carbocycles.